The topological polar surface area (TPSA) is 9.23 Å². The van der Waals surface area contributed by atoms with Gasteiger partial charge in [0.2, 0.25) is 0 Å². The van der Waals surface area contributed by atoms with Gasteiger partial charge in [0.25, 0.3) is 0 Å². The summed E-state index contributed by atoms with van der Waals surface area (Å²) in [6.45, 7) is 3.47. The molecule has 0 fully saturated rings. The molecule has 0 aliphatic carbocycles. The maximum absolute atomic E-state index is 6.17. The molecule has 0 aliphatic heterocycles. The van der Waals surface area contributed by atoms with E-state index in [2.05, 4.69) is 110 Å². The molecule has 0 atom stereocenters. The van der Waals surface area contributed by atoms with Gasteiger partial charge in [0, 0.05) is 0 Å². The molecule has 0 spiro atoms. The Bertz CT molecular complexity index is 916. The molecule has 0 aromatic heterocycles. The normalized spacial score (nSPS) is 11.2. The van der Waals surface area contributed by atoms with Gasteiger partial charge in [-0.3, -0.25) is 0 Å². The smallest absolute Gasteiger partial charge is 0.143 e. The van der Waals surface area contributed by atoms with Crippen molar-refractivity contribution < 1.29 is 4.74 Å². The Hall–Kier alpha value is -3.36. The van der Waals surface area contributed by atoms with Gasteiger partial charge in [-0.1, -0.05) is 72.3 Å². The summed E-state index contributed by atoms with van der Waals surface area (Å²) in [7, 11) is 0. The van der Waals surface area contributed by atoms with E-state index >= 15 is 0 Å². The van der Waals surface area contributed by atoms with E-state index in [-0.39, 0.29) is 0 Å². The molecule has 0 unspecified atom stereocenters. The van der Waals surface area contributed by atoms with E-state index in [1.165, 1.54) is 22.6 Å². The second-order valence-electron chi connectivity index (χ2n) is 7.20. The number of aryl methyl sites for hydroxylation is 1. The van der Waals surface area contributed by atoms with Crippen molar-refractivity contribution in [1.29, 1.82) is 0 Å². The van der Waals surface area contributed by atoms with Crippen molar-refractivity contribution in [2.45, 2.75) is 6.92 Å². The van der Waals surface area contributed by atoms with Gasteiger partial charge in [0.05, 0.1) is 0 Å². The number of para-hydroxylation sites is 3. The third-order valence-corrected chi connectivity index (χ3v) is 5.31. The van der Waals surface area contributed by atoms with Crippen LogP contribution in [0.5, 0.6) is 5.75 Å². The summed E-state index contributed by atoms with van der Waals surface area (Å²) in [5, 5.41) is 0. The monoisotopic (exact) mass is 380 g/mol. The van der Waals surface area contributed by atoms with E-state index in [1.54, 1.807) is 0 Å². The highest BCUT2D eigenvalue weighted by Crippen LogP contribution is 2.43. The van der Waals surface area contributed by atoms with E-state index in [0.717, 1.165) is 12.3 Å². The zero-order valence-electron chi connectivity index (χ0n) is 16.7. The molecule has 0 N–H and O–H groups in total. The molecular weight excluding hydrogens is 354 g/mol. The van der Waals surface area contributed by atoms with Gasteiger partial charge >= 0.3 is 0 Å². The Morgan fingerprint density at radius 3 is 1.38 bits per heavy atom. The highest BCUT2D eigenvalue weighted by Gasteiger charge is 2.36. The van der Waals surface area contributed by atoms with Gasteiger partial charge in [-0.05, 0) is 55.5 Å². The predicted molar refractivity (Wildman–Crippen MR) is 122 cm³/mol. The van der Waals surface area contributed by atoms with Crippen LogP contribution in [0, 0.1) is 6.92 Å². The maximum Gasteiger partial charge on any atom is 0.143 e. The molecule has 0 radical (unpaired) electrons. The first kappa shape index (κ1) is 19.0. The van der Waals surface area contributed by atoms with Crippen LogP contribution in [-0.2, 0) is 0 Å². The summed E-state index contributed by atoms with van der Waals surface area (Å²) in [6, 6.07) is 40.3. The van der Waals surface area contributed by atoms with E-state index in [4.69, 9.17) is 4.74 Å². The van der Waals surface area contributed by atoms with Crippen molar-refractivity contribution in [3.05, 3.63) is 121 Å². The van der Waals surface area contributed by atoms with E-state index in [0.29, 0.717) is 11.1 Å². The Morgan fingerprint density at radius 1 is 0.552 bits per heavy atom. The van der Waals surface area contributed by atoms with Crippen LogP contribution in [0.25, 0.3) is 0 Å². The number of hydrogen-bond donors (Lipinski definition) is 0. The van der Waals surface area contributed by atoms with Gasteiger partial charge in [-0.15, -0.1) is 0 Å². The number of nitrogens with zero attached hydrogens (tertiary/aromatic N) is 1. The molecule has 2 heteroatoms. The molecule has 2 nitrogen and oxygen atoms in total. The Morgan fingerprint density at radius 2 is 0.966 bits per heavy atom. The molecule has 144 valence electrons. The number of rotatable bonds is 7. The van der Waals surface area contributed by atoms with Crippen molar-refractivity contribution in [1.82, 2.24) is 4.48 Å². The van der Waals surface area contributed by atoms with E-state index < -0.39 is 0 Å². The van der Waals surface area contributed by atoms with Crippen LogP contribution in [0.15, 0.2) is 115 Å². The average Bonchev–Trinajstić information content (AvgIpc) is 2.80. The molecular formula is C27H26NO+. The lowest BCUT2D eigenvalue weighted by Crippen LogP contribution is -2.42. The first-order chi connectivity index (χ1) is 14.3. The Balaban J connectivity index is 1.76. The molecule has 4 aromatic rings. The van der Waals surface area contributed by atoms with Gasteiger partial charge in [-0.25, -0.2) is 4.48 Å². The Kier molecular flexibility index (Phi) is 5.73. The summed E-state index contributed by atoms with van der Waals surface area (Å²) in [6.07, 6.45) is 0. The lowest BCUT2D eigenvalue weighted by Gasteiger charge is -2.37. The number of hydrogen-bond acceptors (Lipinski definition) is 1. The quantitative estimate of drug-likeness (QED) is 0.312. The van der Waals surface area contributed by atoms with E-state index in [9.17, 15) is 0 Å². The Labute approximate surface area is 173 Å². The van der Waals surface area contributed by atoms with Crippen LogP contribution >= 0.6 is 0 Å². The van der Waals surface area contributed by atoms with Crippen molar-refractivity contribution in [2.75, 3.05) is 13.2 Å². The molecule has 0 saturated heterocycles. The lowest BCUT2D eigenvalue weighted by atomic mass is 10.1. The molecule has 0 saturated carbocycles. The van der Waals surface area contributed by atoms with Crippen molar-refractivity contribution in [2.24, 2.45) is 0 Å². The second kappa shape index (κ2) is 8.76. The van der Waals surface area contributed by atoms with Gasteiger partial charge in [0.1, 0.15) is 36.0 Å². The summed E-state index contributed by atoms with van der Waals surface area (Å²) in [4.78, 5) is 0. The maximum atomic E-state index is 6.17. The van der Waals surface area contributed by atoms with Crippen LogP contribution in [0.1, 0.15) is 5.56 Å². The average molecular weight is 381 g/mol. The molecule has 0 bridgehead atoms. The van der Waals surface area contributed by atoms with Crippen LogP contribution in [0.4, 0.5) is 17.1 Å². The minimum Gasteiger partial charge on any atom is -0.488 e. The van der Waals surface area contributed by atoms with E-state index in [1.807, 2.05) is 12.1 Å². The zero-order chi connectivity index (χ0) is 19.9. The fourth-order valence-electron chi connectivity index (χ4n) is 3.82. The third kappa shape index (κ3) is 4.08. The number of quaternary nitrogens is 1. The number of ether oxygens (including phenoxy) is 1. The fourth-order valence-corrected chi connectivity index (χ4v) is 3.82. The van der Waals surface area contributed by atoms with Crippen molar-refractivity contribution in [3.8, 4) is 5.75 Å². The lowest BCUT2D eigenvalue weighted by molar-refractivity contribution is 0.288. The fraction of sp³-hybridized carbons (Fsp3) is 0.111. The summed E-state index contributed by atoms with van der Waals surface area (Å²) in [5.41, 5.74) is 4.90. The highest BCUT2D eigenvalue weighted by atomic mass is 16.5. The van der Waals surface area contributed by atoms with Crippen LogP contribution in [-0.4, -0.2) is 13.2 Å². The molecule has 4 aromatic carbocycles. The molecule has 0 heterocycles. The van der Waals surface area contributed by atoms with Crippen LogP contribution < -0.4 is 9.22 Å². The predicted octanol–water partition coefficient (Wildman–Crippen LogP) is 7.04. The molecule has 4 rings (SSSR count). The van der Waals surface area contributed by atoms with Crippen molar-refractivity contribution in [3.63, 3.8) is 0 Å². The van der Waals surface area contributed by atoms with Gasteiger partial charge in [0.15, 0.2) is 0 Å². The molecule has 29 heavy (non-hydrogen) atoms. The highest BCUT2D eigenvalue weighted by molar-refractivity contribution is 5.70. The summed E-state index contributed by atoms with van der Waals surface area (Å²) < 4.78 is 6.77. The first-order valence-electron chi connectivity index (χ1n) is 10.0. The third-order valence-electron chi connectivity index (χ3n) is 5.31. The molecule has 0 amide bonds. The zero-order valence-corrected chi connectivity index (χ0v) is 16.7. The molecule has 0 aliphatic rings. The standard InChI is InChI=1S/C27H26NO/c1-23-17-19-27(20-18-23)29-22-21-28(24-11-5-2-6-12-24,25-13-7-3-8-14-25)26-15-9-4-10-16-26/h2-20H,21-22H2,1H3/q+1. The van der Waals surface area contributed by atoms with Gasteiger partial charge in [-0.2, -0.15) is 0 Å². The SMILES string of the molecule is Cc1ccc(OCC[N+](c2ccccc2)(c2ccccc2)c2ccccc2)cc1. The second-order valence-corrected chi connectivity index (χ2v) is 7.20. The van der Waals surface area contributed by atoms with Crippen molar-refractivity contribution >= 4 is 17.1 Å². The largest absolute Gasteiger partial charge is 0.488 e. The minimum atomic E-state index is 0.599. The first-order valence-corrected chi connectivity index (χ1v) is 10.0. The minimum absolute atomic E-state index is 0.599. The van der Waals surface area contributed by atoms with Gasteiger partial charge < -0.3 is 4.74 Å². The summed E-state index contributed by atoms with van der Waals surface area (Å²) >= 11 is 0. The number of benzene rings is 4. The van der Waals surface area contributed by atoms with Crippen LogP contribution in [0.2, 0.25) is 0 Å². The van der Waals surface area contributed by atoms with Crippen LogP contribution in [0.3, 0.4) is 0 Å². The summed E-state index contributed by atoms with van der Waals surface area (Å²) in [5.74, 6) is 0.905.